The van der Waals surface area contributed by atoms with Crippen LogP contribution in [-0.2, 0) is 9.53 Å². The SMILES string of the molecule is COC(=O)[C@@H](C)Oc1cc(OC)c(OC)c(OC)c1. The first-order valence-corrected chi connectivity index (χ1v) is 5.61. The minimum atomic E-state index is -0.729. The second kappa shape index (κ2) is 6.72. The first kappa shape index (κ1) is 14.9. The van der Waals surface area contributed by atoms with Gasteiger partial charge in [0.2, 0.25) is 5.75 Å². The van der Waals surface area contributed by atoms with Crippen LogP contribution in [0.5, 0.6) is 23.0 Å². The van der Waals surface area contributed by atoms with E-state index in [0.29, 0.717) is 23.0 Å². The Hall–Kier alpha value is -2.11. The zero-order valence-electron chi connectivity index (χ0n) is 11.7. The second-order valence-electron chi connectivity index (χ2n) is 3.64. The molecule has 0 saturated carbocycles. The molecule has 0 heterocycles. The molecule has 0 spiro atoms. The highest BCUT2D eigenvalue weighted by atomic mass is 16.6. The molecule has 1 rings (SSSR count). The molecule has 0 aromatic heterocycles. The zero-order chi connectivity index (χ0) is 14.4. The van der Waals surface area contributed by atoms with Crippen molar-refractivity contribution >= 4 is 5.97 Å². The average molecular weight is 270 g/mol. The average Bonchev–Trinajstić information content (AvgIpc) is 2.44. The van der Waals surface area contributed by atoms with Crippen molar-refractivity contribution in [2.45, 2.75) is 13.0 Å². The molecular weight excluding hydrogens is 252 g/mol. The Kier molecular flexibility index (Phi) is 5.29. The van der Waals surface area contributed by atoms with E-state index in [-0.39, 0.29) is 0 Å². The van der Waals surface area contributed by atoms with Crippen molar-refractivity contribution in [3.05, 3.63) is 12.1 Å². The number of esters is 1. The highest BCUT2D eigenvalue weighted by Crippen LogP contribution is 2.40. The van der Waals surface area contributed by atoms with Crippen LogP contribution in [-0.4, -0.2) is 40.5 Å². The molecular formula is C13H18O6. The van der Waals surface area contributed by atoms with Crippen molar-refractivity contribution in [3.63, 3.8) is 0 Å². The smallest absolute Gasteiger partial charge is 0.346 e. The molecule has 0 fully saturated rings. The predicted molar refractivity (Wildman–Crippen MR) is 68.2 cm³/mol. The number of benzene rings is 1. The van der Waals surface area contributed by atoms with E-state index in [1.54, 1.807) is 19.1 Å². The van der Waals surface area contributed by atoms with E-state index in [4.69, 9.17) is 18.9 Å². The van der Waals surface area contributed by atoms with Gasteiger partial charge in [-0.05, 0) is 6.92 Å². The third kappa shape index (κ3) is 3.43. The first-order chi connectivity index (χ1) is 9.07. The summed E-state index contributed by atoms with van der Waals surface area (Å²) in [5.74, 6) is 1.33. The van der Waals surface area contributed by atoms with Crippen molar-refractivity contribution in [2.24, 2.45) is 0 Å². The van der Waals surface area contributed by atoms with Gasteiger partial charge in [-0.3, -0.25) is 0 Å². The molecule has 0 aliphatic rings. The molecule has 0 bridgehead atoms. The van der Waals surface area contributed by atoms with Crippen molar-refractivity contribution < 1.29 is 28.5 Å². The van der Waals surface area contributed by atoms with Gasteiger partial charge in [-0.2, -0.15) is 0 Å². The lowest BCUT2D eigenvalue weighted by atomic mass is 10.2. The van der Waals surface area contributed by atoms with Crippen LogP contribution in [0.4, 0.5) is 0 Å². The van der Waals surface area contributed by atoms with E-state index in [0.717, 1.165) is 0 Å². The van der Waals surface area contributed by atoms with E-state index in [1.165, 1.54) is 28.4 Å². The summed E-state index contributed by atoms with van der Waals surface area (Å²) < 4.78 is 25.6. The van der Waals surface area contributed by atoms with Crippen LogP contribution in [0.2, 0.25) is 0 Å². The van der Waals surface area contributed by atoms with Crippen molar-refractivity contribution in [3.8, 4) is 23.0 Å². The van der Waals surface area contributed by atoms with Crippen LogP contribution < -0.4 is 18.9 Å². The van der Waals surface area contributed by atoms with E-state index >= 15 is 0 Å². The lowest BCUT2D eigenvalue weighted by molar-refractivity contribution is -0.147. The molecule has 1 aromatic carbocycles. The van der Waals surface area contributed by atoms with E-state index in [9.17, 15) is 4.79 Å². The summed E-state index contributed by atoms with van der Waals surface area (Å²) >= 11 is 0. The molecule has 6 nitrogen and oxygen atoms in total. The fraction of sp³-hybridized carbons (Fsp3) is 0.462. The van der Waals surface area contributed by atoms with Gasteiger partial charge in [0.1, 0.15) is 5.75 Å². The quantitative estimate of drug-likeness (QED) is 0.732. The predicted octanol–water partition coefficient (Wildman–Crippen LogP) is 1.65. The van der Waals surface area contributed by atoms with Gasteiger partial charge < -0.3 is 23.7 Å². The summed E-state index contributed by atoms with van der Waals surface area (Å²) in [7, 11) is 5.82. The topological polar surface area (TPSA) is 63.2 Å². The molecule has 6 heteroatoms. The van der Waals surface area contributed by atoms with Gasteiger partial charge in [0.15, 0.2) is 17.6 Å². The summed E-state index contributed by atoms with van der Waals surface area (Å²) in [6.45, 7) is 1.59. The number of carbonyl (C=O) groups excluding carboxylic acids is 1. The van der Waals surface area contributed by atoms with Crippen molar-refractivity contribution in [1.82, 2.24) is 0 Å². The van der Waals surface area contributed by atoms with Gasteiger partial charge in [0, 0.05) is 12.1 Å². The maximum absolute atomic E-state index is 11.3. The van der Waals surface area contributed by atoms with E-state index in [1.807, 2.05) is 0 Å². The van der Waals surface area contributed by atoms with E-state index in [2.05, 4.69) is 4.74 Å². The molecule has 0 radical (unpaired) electrons. The molecule has 0 saturated heterocycles. The fourth-order valence-electron chi connectivity index (χ4n) is 1.54. The van der Waals surface area contributed by atoms with Gasteiger partial charge in [-0.25, -0.2) is 4.79 Å². The number of ether oxygens (including phenoxy) is 5. The second-order valence-corrected chi connectivity index (χ2v) is 3.64. The van der Waals surface area contributed by atoms with Crippen LogP contribution in [0.25, 0.3) is 0 Å². The summed E-state index contributed by atoms with van der Waals surface area (Å²) in [6, 6.07) is 3.22. The normalized spacial score (nSPS) is 11.4. The summed E-state index contributed by atoms with van der Waals surface area (Å²) in [5, 5.41) is 0. The summed E-state index contributed by atoms with van der Waals surface area (Å²) in [5.41, 5.74) is 0. The number of methoxy groups -OCH3 is 4. The Bertz CT molecular complexity index is 418. The van der Waals surface area contributed by atoms with Gasteiger partial charge >= 0.3 is 5.97 Å². The maximum atomic E-state index is 11.3. The van der Waals surface area contributed by atoms with Crippen LogP contribution in [0, 0.1) is 0 Å². The third-order valence-electron chi connectivity index (χ3n) is 2.48. The van der Waals surface area contributed by atoms with Gasteiger partial charge in [0.25, 0.3) is 0 Å². The number of hydrogen-bond acceptors (Lipinski definition) is 6. The fourth-order valence-corrected chi connectivity index (χ4v) is 1.54. The molecule has 1 aromatic rings. The lowest BCUT2D eigenvalue weighted by Crippen LogP contribution is -2.24. The Balaban J connectivity index is 3.06. The van der Waals surface area contributed by atoms with Crippen LogP contribution in [0.15, 0.2) is 12.1 Å². The highest BCUT2D eigenvalue weighted by Gasteiger charge is 2.18. The molecule has 0 aliphatic heterocycles. The summed E-state index contributed by atoms with van der Waals surface area (Å²) in [4.78, 5) is 11.3. The van der Waals surface area contributed by atoms with Crippen molar-refractivity contribution in [1.29, 1.82) is 0 Å². The largest absolute Gasteiger partial charge is 0.493 e. The van der Waals surface area contributed by atoms with Crippen LogP contribution >= 0.6 is 0 Å². The van der Waals surface area contributed by atoms with Crippen LogP contribution in [0.1, 0.15) is 6.92 Å². The molecule has 0 amide bonds. The minimum absolute atomic E-state index is 0.424. The number of rotatable bonds is 6. The zero-order valence-corrected chi connectivity index (χ0v) is 11.7. The van der Waals surface area contributed by atoms with Crippen molar-refractivity contribution in [2.75, 3.05) is 28.4 Å². The van der Waals surface area contributed by atoms with Gasteiger partial charge in [-0.1, -0.05) is 0 Å². The third-order valence-corrected chi connectivity index (χ3v) is 2.48. The monoisotopic (exact) mass is 270 g/mol. The lowest BCUT2D eigenvalue weighted by Gasteiger charge is -2.16. The molecule has 0 unspecified atom stereocenters. The Morgan fingerprint density at radius 3 is 1.89 bits per heavy atom. The Morgan fingerprint density at radius 1 is 1.00 bits per heavy atom. The minimum Gasteiger partial charge on any atom is -0.493 e. The number of hydrogen-bond donors (Lipinski definition) is 0. The highest BCUT2D eigenvalue weighted by molar-refractivity contribution is 5.74. The molecule has 106 valence electrons. The van der Waals surface area contributed by atoms with Gasteiger partial charge in [0.05, 0.1) is 28.4 Å². The van der Waals surface area contributed by atoms with Gasteiger partial charge in [-0.15, -0.1) is 0 Å². The maximum Gasteiger partial charge on any atom is 0.346 e. The standard InChI is InChI=1S/C13H18O6/c1-8(13(14)18-5)19-9-6-10(15-2)12(17-4)11(7-9)16-3/h6-8H,1-5H3/t8-/m1/s1. The molecule has 19 heavy (non-hydrogen) atoms. The first-order valence-electron chi connectivity index (χ1n) is 5.61. The summed E-state index contributed by atoms with van der Waals surface area (Å²) in [6.07, 6.45) is -0.729. The molecule has 0 N–H and O–H groups in total. The Morgan fingerprint density at radius 2 is 1.53 bits per heavy atom. The molecule has 0 aliphatic carbocycles. The van der Waals surface area contributed by atoms with E-state index < -0.39 is 12.1 Å². The number of carbonyl (C=O) groups is 1. The van der Waals surface area contributed by atoms with Crippen LogP contribution in [0.3, 0.4) is 0 Å². The molecule has 1 atom stereocenters. The Labute approximate surface area is 112 Å².